The Bertz CT molecular complexity index is 1040. The maximum absolute atomic E-state index is 12.1. The van der Waals surface area contributed by atoms with Gasteiger partial charge in [-0.05, 0) is 30.2 Å². The van der Waals surface area contributed by atoms with Crippen LogP contribution < -0.4 is 15.8 Å². The second kappa shape index (κ2) is 8.71. The lowest BCUT2D eigenvalue weighted by Crippen LogP contribution is -2.36. The summed E-state index contributed by atoms with van der Waals surface area (Å²) in [7, 11) is 3.41. The number of aryl methyl sites for hydroxylation is 1. The van der Waals surface area contributed by atoms with Crippen LogP contribution in [-0.4, -0.2) is 39.8 Å². The van der Waals surface area contributed by atoms with Gasteiger partial charge in [0, 0.05) is 49.5 Å². The fourth-order valence-corrected chi connectivity index (χ4v) is 3.14. The molecule has 28 heavy (non-hydrogen) atoms. The van der Waals surface area contributed by atoms with E-state index in [9.17, 15) is 9.59 Å². The van der Waals surface area contributed by atoms with Gasteiger partial charge in [0.25, 0.3) is 0 Å². The van der Waals surface area contributed by atoms with E-state index in [0.717, 1.165) is 27.8 Å². The van der Waals surface area contributed by atoms with E-state index in [1.165, 1.54) is 6.07 Å². The number of benzene rings is 2. The SMILES string of the molecule is COCCNC(=O)CN(C)c1ccc2c(-c3ccccc3C)cc(=O)oc2c1. The second-order valence-electron chi connectivity index (χ2n) is 6.67. The molecule has 2 aromatic carbocycles. The maximum atomic E-state index is 12.1. The number of nitrogens with one attached hydrogen (secondary N) is 1. The minimum atomic E-state index is -0.400. The van der Waals surface area contributed by atoms with E-state index in [-0.39, 0.29) is 12.5 Å². The largest absolute Gasteiger partial charge is 0.423 e. The summed E-state index contributed by atoms with van der Waals surface area (Å²) in [4.78, 5) is 26.0. The molecule has 0 radical (unpaired) electrons. The Morgan fingerprint density at radius 3 is 2.68 bits per heavy atom. The highest BCUT2D eigenvalue weighted by Crippen LogP contribution is 2.31. The Morgan fingerprint density at radius 2 is 1.93 bits per heavy atom. The standard InChI is InChI=1S/C22H24N2O4/c1-15-6-4-5-7-17(15)19-13-22(26)28-20-12-16(8-9-18(19)20)24(2)14-21(25)23-10-11-27-3/h4-9,12-13H,10-11,14H2,1-3H3,(H,23,25). The molecule has 3 aromatic rings. The van der Waals surface area contributed by atoms with E-state index >= 15 is 0 Å². The minimum absolute atomic E-state index is 0.102. The fraction of sp³-hybridized carbons (Fsp3) is 0.273. The zero-order chi connectivity index (χ0) is 20.1. The molecule has 1 amide bonds. The molecule has 0 atom stereocenters. The van der Waals surface area contributed by atoms with E-state index < -0.39 is 5.63 Å². The van der Waals surface area contributed by atoms with Crippen molar-refractivity contribution in [1.29, 1.82) is 0 Å². The number of ether oxygens (including phenoxy) is 1. The van der Waals surface area contributed by atoms with Gasteiger partial charge in [0.15, 0.2) is 0 Å². The van der Waals surface area contributed by atoms with Crippen molar-refractivity contribution in [2.45, 2.75) is 6.92 Å². The molecule has 0 spiro atoms. The first-order valence-corrected chi connectivity index (χ1v) is 9.10. The number of methoxy groups -OCH3 is 1. The van der Waals surface area contributed by atoms with Crippen LogP contribution in [0.5, 0.6) is 0 Å². The molecule has 146 valence electrons. The fourth-order valence-electron chi connectivity index (χ4n) is 3.14. The molecule has 3 rings (SSSR count). The molecule has 0 bridgehead atoms. The summed E-state index contributed by atoms with van der Waals surface area (Å²) < 4.78 is 10.4. The second-order valence-corrected chi connectivity index (χ2v) is 6.67. The Morgan fingerprint density at radius 1 is 1.14 bits per heavy atom. The molecule has 1 heterocycles. The van der Waals surface area contributed by atoms with Crippen LogP contribution in [0.2, 0.25) is 0 Å². The van der Waals surface area contributed by atoms with Crippen molar-refractivity contribution in [2.75, 3.05) is 38.8 Å². The van der Waals surface area contributed by atoms with Gasteiger partial charge in [-0.1, -0.05) is 24.3 Å². The highest BCUT2D eigenvalue weighted by molar-refractivity contribution is 5.95. The first kappa shape index (κ1) is 19.6. The minimum Gasteiger partial charge on any atom is -0.423 e. The molecule has 0 aliphatic rings. The third-order valence-electron chi connectivity index (χ3n) is 4.61. The number of fused-ring (bicyclic) bond motifs is 1. The van der Waals surface area contributed by atoms with Crippen LogP contribution in [0.1, 0.15) is 5.56 Å². The number of amides is 1. The summed E-state index contributed by atoms with van der Waals surface area (Å²) in [5, 5.41) is 3.65. The van der Waals surface area contributed by atoms with Gasteiger partial charge in [0.1, 0.15) is 5.58 Å². The van der Waals surface area contributed by atoms with Gasteiger partial charge in [0.05, 0.1) is 13.2 Å². The van der Waals surface area contributed by atoms with Crippen molar-refractivity contribution in [2.24, 2.45) is 0 Å². The van der Waals surface area contributed by atoms with Gasteiger partial charge in [-0.2, -0.15) is 0 Å². The normalized spacial score (nSPS) is 10.8. The lowest BCUT2D eigenvalue weighted by atomic mass is 9.98. The van der Waals surface area contributed by atoms with Crippen molar-refractivity contribution in [3.05, 3.63) is 64.5 Å². The number of carbonyl (C=O) groups is 1. The van der Waals surface area contributed by atoms with Crippen LogP contribution in [-0.2, 0) is 9.53 Å². The number of nitrogens with zero attached hydrogens (tertiary/aromatic N) is 1. The number of hydrogen-bond donors (Lipinski definition) is 1. The maximum Gasteiger partial charge on any atom is 0.336 e. The molecule has 0 fully saturated rings. The molecule has 6 heteroatoms. The Labute approximate surface area is 163 Å². The first-order valence-electron chi connectivity index (χ1n) is 9.10. The lowest BCUT2D eigenvalue weighted by molar-refractivity contribution is -0.119. The summed E-state index contributed by atoms with van der Waals surface area (Å²) in [6, 6.07) is 15.1. The third kappa shape index (κ3) is 4.40. The highest BCUT2D eigenvalue weighted by Gasteiger charge is 2.13. The molecule has 0 unspecified atom stereocenters. The van der Waals surface area contributed by atoms with Crippen LogP contribution in [0.25, 0.3) is 22.1 Å². The van der Waals surface area contributed by atoms with Gasteiger partial charge in [-0.25, -0.2) is 4.79 Å². The average molecular weight is 380 g/mol. The average Bonchev–Trinajstić information content (AvgIpc) is 2.67. The van der Waals surface area contributed by atoms with Crippen LogP contribution in [0.3, 0.4) is 0 Å². The molecule has 1 N–H and O–H groups in total. The molecule has 1 aromatic heterocycles. The molecular formula is C22H24N2O4. The van der Waals surface area contributed by atoms with Gasteiger partial charge in [-0.3, -0.25) is 4.79 Å². The molecule has 0 aliphatic carbocycles. The zero-order valence-electron chi connectivity index (χ0n) is 16.3. The zero-order valence-corrected chi connectivity index (χ0v) is 16.3. The number of anilines is 1. The van der Waals surface area contributed by atoms with Crippen LogP contribution in [0.4, 0.5) is 5.69 Å². The summed E-state index contributed by atoms with van der Waals surface area (Å²) in [5.74, 6) is -0.102. The predicted octanol–water partition coefficient (Wildman–Crippen LogP) is 2.97. The Balaban J connectivity index is 1.91. The van der Waals surface area contributed by atoms with Crippen molar-refractivity contribution < 1.29 is 13.9 Å². The third-order valence-corrected chi connectivity index (χ3v) is 4.61. The molecular weight excluding hydrogens is 356 g/mol. The van der Waals surface area contributed by atoms with E-state index in [0.29, 0.717) is 18.7 Å². The van der Waals surface area contributed by atoms with Gasteiger partial charge < -0.3 is 19.4 Å². The van der Waals surface area contributed by atoms with Gasteiger partial charge in [0.2, 0.25) is 5.91 Å². The molecule has 0 aliphatic heterocycles. The lowest BCUT2D eigenvalue weighted by Gasteiger charge is -2.19. The van der Waals surface area contributed by atoms with E-state index in [4.69, 9.17) is 9.15 Å². The van der Waals surface area contributed by atoms with E-state index in [1.807, 2.05) is 55.3 Å². The van der Waals surface area contributed by atoms with Crippen LogP contribution in [0.15, 0.2) is 57.7 Å². The Kier molecular flexibility index (Phi) is 6.11. The number of rotatable bonds is 7. The predicted molar refractivity (Wildman–Crippen MR) is 111 cm³/mol. The van der Waals surface area contributed by atoms with Crippen molar-refractivity contribution >= 4 is 22.6 Å². The summed E-state index contributed by atoms with van der Waals surface area (Å²) in [5.41, 5.74) is 3.82. The summed E-state index contributed by atoms with van der Waals surface area (Å²) >= 11 is 0. The number of hydrogen-bond acceptors (Lipinski definition) is 5. The monoisotopic (exact) mass is 380 g/mol. The molecule has 0 saturated heterocycles. The van der Waals surface area contributed by atoms with E-state index in [1.54, 1.807) is 13.2 Å². The highest BCUT2D eigenvalue weighted by atomic mass is 16.5. The smallest absolute Gasteiger partial charge is 0.336 e. The molecule has 0 saturated carbocycles. The van der Waals surface area contributed by atoms with Gasteiger partial charge in [-0.15, -0.1) is 0 Å². The Hall–Kier alpha value is -3.12. The van der Waals surface area contributed by atoms with Crippen LogP contribution >= 0.6 is 0 Å². The quantitative estimate of drug-likeness (QED) is 0.504. The van der Waals surface area contributed by atoms with Crippen molar-refractivity contribution in [3.8, 4) is 11.1 Å². The van der Waals surface area contributed by atoms with Crippen molar-refractivity contribution in [1.82, 2.24) is 5.32 Å². The van der Waals surface area contributed by atoms with Crippen LogP contribution in [0, 0.1) is 6.92 Å². The number of likely N-dealkylation sites (N-methyl/N-ethyl adjacent to an activating group) is 1. The first-order chi connectivity index (χ1) is 13.5. The summed E-state index contributed by atoms with van der Waals surface area (Å²) in [6.45, 7) is 3.14. The topological polar surface area (TPSA) is 71.8 Å². The van der Waals surface area contributed by atoms with E-state index in [2.05, 4.69) is 5.32 Å². The molecule has 6 nitrogen and oxygen atoms in total. The summed E-state index contributed by atoms with van der Waals surface area (Å²) in [6.07, 6.45) is 0. The van der Waals surface area contributed by atoms with Crippen molar-refractivity contribution in [3.63, 3.8) is 0 Å². The van der Waals surface area contributed by atoms with Gasteiger partial charge >= 0.3 is 5.63 Å². The number of carbonyl (C=O) groups excluding carboxylic acids is 1.